The molecule has 0 aromatic heterocycles. The Labute approximate surface area is 147 Å². The molecule has 1 atom stereocenters. The molecule has 2 N–H and O–H groups in total. The average Bonchev–Trinajstić information content (AvgIpc) is 2.60. The number of carboxylic acid groups (broad SMARTS) is 1. The van der Waals surface area contributed by atoms with Crippen LogP contribution >= 0.6 is 0 Å². The van der Waals surface area contributed by atoms with Gasteiger partial charge in [-0.2, -0.15) is 0 Å². The van der Waals surface area contributed by atoms with Gasteiger partial charge in [0.25, 0.3) is 0 Å². The number of ether oxygens (including phenoxy) is 1. The van der Waals surface area contributed by atoms with Crippen LogP contribution in [0.25, 0.3) is 0 Å². The molecule has 0 bridgehead atoms. The Kier molecular flexibility index (Phi) is 6.55. The summed E-state index contributed by atoms with van der Waals surface area (Å²) >= 11 is 0. The van der Waals surface area contributed by atoms with E-state index < -0.39 is 22.0 Å². The second kappa shape index (κ2) is 8.64. The zero-order valence-corrected chi connectivity index (χ0v) is 14.7. The first kappa shape index (κ1) is 19.0. The van der Waals surface area contributed by atoms with Gasteiger partial charge in [0, 0.05) is 12.5 Å². The number of hydrogen-bond donors (Lipinski definition) is 2. The molecule has 0 fully saturated rings. The van der Waals surface area contributed by atoms with Crippen LogP contribution in [-0.2, 0) is 21.2 Å². The molecule has 0 radical (unpaired) electrons. The van der Waals surface area contributed by atoms with E-state index in [4.69, 9.17) is 9.84 Å². The van der Waals surface area contributed by atoms with Gasteiger partial charge in [0.15, 0.2) is 0 Å². The van der Waals surface area contributed by atoms with Crippen LogP contribution in [0, 0.1) is 0 Å². The molecule has 25 heavy (non-hydrogen) atoms. The van der Waals surface area contributed by atoms with Crippen molar-refractivity contribution in [3.05, 3.63) is 60.2 Å². The summed E-state index contributed by atoms with van der Waals surface area (Å²) in [5.41, 5.74) is 0.931. The molecule has 0 saturated carbocycles. The third-order valence-electron chi connectivity index (χ3n) is 3.71. The Morgan fingerprint density at radius 1 is 1.12 bits per heavy atom. The molecule has 0 aliphatic carbocycles. The molecule has 2 aromatic rings. The van der Waals surface area contributed by atoms with Crippen LogP contribution in [0.1, 0.15) is 18.4 Å². The number of benzene rings is 2. The van der Waals surface area contributed by atoms with Crippen LogP contribution in [0.4, 0.5) is 0 Å². The number of para-hydroxylation sites is 1. The fourth-order valence-electron chi connectivity index (χ4n) is 2.52. The maximum atomic E-state index is 12.7. The Balaban J connectivity index is 2.23. The summed E-state index contributed by atoms with van der Waals surface area (Å²) in [6.45, 7) is 0. The lowest BCUT2D eigenvalue weighted by Crippen LogP contribution is -2.37. The minimum absolute atomic E-state index is 0.0332. The number of methoxy groups -OCH3 is 1. The average molecular weight is 363 g/mol. The Morgan fingerprint density at radius 3 is 2.40 bits per heavy atom. The quantitative estimate of drug-likeness (QED) is 0.714. The van der Waals surface area contributed by atoms with Crippen LogP contribution < -0.4 is 9.46 Å². The summed E-state index contributed by atoms with van der Waals surface area (Å²) in [5.74, 6) is -0.721. The molecular weight excluding hydrogens is 342 g/mol. The molecule has 0 heterocycles. The molecule has 0 aliphatic heterocycles. The highest BCUT2D eigenvalue weighted by Crippen LogP contribution is 2.23. The molecular formula is C18H21NO5S. The predicted molar refractivity (Wildman–Crippen MR) is 94.1 cm³/mol. The molecule has 6 nitrogen and oxygen atoms in total. The van der Waals surface area contributed by atoms with Gasteiger partial charge in [-0.3, -0.25) is 4.79 Å². The van der Waals surface area contributed by atoms with Gasteiger partial charge in [-0.1, -0.05) is 42.5 Å². The molecule has 0 spiro atoms. The summed E-state index contributed by atoms with van der Waals surface area (Å²) in [5, 5.41) is 8.93. The second-order valence-corrected chi connectivity index (χ2v) is 7.27. The van der Waals surface area contributed by atoms with E-state index in [1.54, 1.807) is 18.2 Å². The Bertz CT molecular complexity index is 805. The van der Waals surface area contributed by atoms with Crippen molar-refractivity contribution in [3.63, 3.8) is 0 Å². The lowest BCUT2D eigenvalue weighted by molar-refractivity contribution is -0.137. The highest BCUT2D eigenvalue weighted by molar-refractivity contribution is 7.89. The van der Waals surface area contributed by atoms with Crippen molar-refractivity contribution >= 4 is 16.0 Å². The Hall–Kier alpha value is -2.38. The fourth-order valence-corrected chi connectivity index (χ4v) is 3.96. The van der Waals surface area contributed by atoms with Gasteiger partial charge in [0.05, 0.1) is 7.11 Å². The normalized spacial score (nSPS) is 12.5. The zero-order chi connectivity index (χ0) is 18.3. The lowest BCUT2D eigenvalue weighted by atomic mass is 10.0. The van der Waals surface area contributed by atoms with Crippen LogP contribution in [0.15, 0.2) is 59.5 Å². The molecule has 0 amide bonds. The number of aliphatic carboxylic acids is 1. The SMILES string of the molecule is COc1ccccc1S(=O)(=O)NC(CCC(=O)O)Cc1ccccc1. The van der Waals surface area contributed by atoms with Crippen molar-refractivity contribution in [2.45, 2.75) is 30.2 Å². The van der Waals surface area contributed by atoms with E-state index in [2.05, 4.69) is 4.72 Å². The molecule has 7 heteroatoms. The number of carboxylic acids is 1. The number of nitrogens with one attached hydrogen (secondary N) is 1. The second-order valence-electron chi connectivity index (χ2n) is 5.59. The maximum absolute atomic E-state index is 12.7. The molecule has 0 aliphatic rings. The number of sulfonamides is 1. The molecule has 134 valence electrons. The summed E-state index contributed by atoms with van der Waals surface area (Å²) in [4.78, 5) is 10.9. The van der Waals surface area contributed by atoms with E-state index in [0.717, 1.165) is 5.56 Å². The van der Waals surface area contributed by atoms with Crippen LogP contribution in [0.2, 0.25) is 0 Å². The van der Waals surface area contributed by atoms with Crippen molar-refractivity contribution < 1.29 is 23.1 Å². The lowest BCUT2D eigenvalue weighted by Gasteiger charge is -2.19. The summed E-state index contributed by atoms with van der Waals surface area (Å²) in [6.07, 6.45) is 0.479. The van der Waals surface area contributed by atoms with Crippen LogP contribution in [0.5, 0.6) is 5.75 Å². The van der Waals surface area contributed by atoms with E-state index in [1.165, 1.54) is 13.2 Å². The minimum Gasteiger partial charge on any atom is -0.495 e. The third-order valence-corrected chi connectivity index (χ3v) is 5.27. The number of carbonyl (C=O) groups is 1. The monoisotopic (exact) mass is 363 g/mol. The first-order chi connectivity index (χ1) is 11.9. The standard InChI is InChI=1S/C18H21NO5S/c1-24-16-9-5-6-10-17(16)25(22,23)19-15(11-12-18(20)21)13-14-7-3-2-4-8-14/h2-10,15,19H,11-13H2,1H3,(H,20,21). The van der Waals surface area contributed by atoms with Crippen LogP contribution in [0.3, 0.4) is 0 Å². The summed E-state index contributed by atoms with van der Waals surface area (Å²) in [7, 11) is -2.44. The summed E-state index contributed by atoms with van der Waals surface area (Å²) < 4.78 is 33.2. The van der Waals surface area contributed by atoms with Gasteiger partial charge < -0.3 is 9.84 Å². The predicted octanol–water partition coefficient (Wildman–Crippen LogP) is 2.45. The van der Waals surface area contributed by atoms with Gasteiger partial charge in [-0.05, 0) is 30.5 Å². The van der Waals surface area contributed by atoms with E-state index in [1.807, 2.05) is 30.3 Å². The van der Waals surface area contributed by atoms with Crippen molar-refractivity contribution in [1.29, 1.82) is 0 Å². The van der Waals surface area contributed by atoms with E-state index >= 15 is 0 Å². The molecule has 1 unspecified atom stereocenters. The smallest absolute Gasteiger partial charge is 0.303 e. The van der Waals surface area contributed by atoms with E-state index in [9.17, 15) is 13.2 Å². The van der Waals surface area contributed by atoms with Gasteiger partial charge in [0.1, 0.15) is 10.6 Å². The number of hydrogen-bond acceptors (Lipinski definition) is 4. The first-order valence-electron chi connectivity index (χ1n) is 7.83. The minimum atomic E-state index is -3.84. The van der Waals surface area contributed by atoms with Gasteiger partial charge in [0.2, 0.25) is 10.0 Å². The first-order valence-corrected chi connectivity index (χ1v) is 9.32. The molecule has 2 rings (SSSR count). The van der Waals surface area contributed by atoms with Crippen molar-refractivity contribution in [3.8, 4) is 5.75 Å². The fraction of sp³-hybridized carbons (Fsp3) is 0.278. The topological polar surface area (TPSA) is 92.7 Å². The Morgan fingerprint density at radius 2 is 1.76 bits per heavy atom. The zero-order valence-electron chi connectivity index (χ0n) is 13.9. The largest absolute Gasteiger partial charge is 0.495 e. The number of rotatable bonds is 9. The third kappa shape index (κ3) is 5.58. The van der Waals surface area contributed by atoms with Crippen molar-refractivity contribution in [2.24, 2.45) is 0 Å². The van der Waals surface area contributed by atoms with E-state index in [0.29, 0.717) is 6.42 Å². The van der Waals surface area contributed by atoms with Crippen molar-refractivity contribution in [1.82, 2.24) is 4.72 Å². The molecule has 2 aromatic carbocycles. The summed E-state index contributed by atoms with van der Waals surface area (Å²) in [6, 6.07) is 15.1. The van der Waals surface area contributed by atoms with E-state index in [-0.39, 0.29) is 23.5 Å². The van der Waals surface area contributed by atoms with Gasteiger partial charge >= 0.3 is 5.97 Å². The maximum Gasteiger partial charge on any atom is 0.303 e. The van der Waals surface area contributed by atoms with Gasteiger partial charge in [-0.15, -0.1) is 0 Å². The van der Waals surface area contributed by atoms with Gasteiger partial charge in [-0.25, -0.2) is 13.1 Å². The highest BCUT2D eigenvalue weighted by Gasteiger charge is 2.24. The van der Waals surface area contributed by atoms with Crippen LogP contribution in [-0.4, -0.2) is 32.6 Å². The molecule has 0 saturated heterocycles. The highest BCUT2D eigenvalue weighted by atomic mass is 32.2. The van der Waals surface area contributed by atoms with Crippen molar-refractivity contribution in [2.75, 3.05) is 7.11 Å².